The third kappa shape index (κ3) is 6.18. The number of hydrogen-bond acceptors (Lipinski definition) is 5. The highest BCUT2D eigenvalue weighted by molar-refractivity contribution is 14.0. The predicted octanol–water partition coefficient (Wildman–Crippen LogP) is 0.511. The number of amides is 1. The molecule has 24 heavy (non-hydrogen) atoms. The average Bonchev–Trinajstić information content (AvgIpc) is 3.20. The molecule has 0 atom stereocenters. The maximum atomic E-state index is 11.7. The fourth-order valence-electron chi connectivity index (χ4n) is 1.81. The first-order chi connectivity index (χ1) is 11.2. The van der Waals surface area contributed by atoms with Crippen molar-refractivity contribution in [1.29, 1.82) is 0 Å². The Bertz CT molecular complexity index is 639. The second-order valence-electron chi connectivity index (χ2n) is 4.66. The van der Waals surface area contributed by atoms with Crippen LogP contribution in [0.1, 0.15) is 23.3 Å². The van der Waals surface area contributed by atoms with Gasteiger partial charge in [-0.15, -0.1) is 24.0 Å². The summed E-state index contributed by atoms with van der Waals surface area (Å²) >= 11 is 0. The minimum absolute atomic E-state index is 0. The van der Waals surface area contributed by atoms with E-state index in [2.05, 4.69) is 31.0 Å². The van der Waals surface area contributed by atoms with Gasteiger partial charge in [-0.3, -0.25) is 9.48 Å². The third-order valence-electron chi connectivity index (χ3n) is 2.98. The summed E-state index contributed by atoms with van der Waals surface area (Å²) in [4.78, 5) is 20.2. The highest BCUT2D eigenvalue weighted by atomic mass is 127. The topological polar surface area (TPSA) is 109 Å². The molecule has 0 unspecified atom stereocenters. The number of rotatable bonds is 7. The Morgan fingerprint density at radius 2 is 2.12 bits per heavy atom. The Hall–Kier alpha value is -2.11. The number of aromatic nitrogens is 3. The third-order valence-corrected chi connectivity index (χ3v) is 2.98. The molecule has 2 heterocycles. The molecule has 132 valence electrons. The van der Waals surface area contributed by atoms with Crippen LogP contribution in [-0.4, -0.2) is 46.3 Å². The molecular formula is C14H22IN7O2. The number of aryl methyl sites for hydroxylation is 1. The first-order valence-electron chi connectivity index (χ1n) is 7.37. The van der Waals surface area contributed by atoms with E-state index in [0.29, 0.717) is 31.4 Å². The molecule has 2 aromatic rings. The Labute approximate surface area is 157 Å². The zero-order valence-corrected chi connectivity index (χ0v) is 16.0. The van der Waals surface area contributed by atoms with Crippen LogP contribution in [0.2, 0.25) is 0 Å². The zero-order valence-electron chi connectivity index (χ0n) is 13.7. The van der Waals surface area contributed by atoms with Gasteiger partial charge in [0, 0.05) is 26.7 Å². The number of hydrogen-bond donors (Lipinski definition) is 3. The van der Waals surface area contributed by atoms with E-state index in [4.69, 9.17) is 4.42 Å². The number of nitrogens with zero attached hydrogens (tertiary/aromatic N) is 4. The molecule has 2 aromatic heterocycles. The van der Waals surface area contributed by atoms with Crippen molar-refractivity contribution >= 4 is 35.8 Å². The molecular weight excluding hydrogens is 425 g/mol. The summed E-state index contributed by atoms with van der Waals surface area (Å²) in [6, 6.07) is 3.30. The largest absolute Gasteiger partial charge is 0.459 e. The predicted molar refractivity (Wildman–Crippen MR) is 100 cm³/mol. The van der Waals surface area contributed by atoms with Gasteiger partial charge in [-0.05, 0) is 19.1 Å². The highest BCUT2D eigenvalue weighted by Crippen LogP contribution is 1.98. The Balaban J connectivity index is 0.00000288. The Kier molecular flexibility index (Phi) is 8.83. The van der Waals surface area contributed by atoms with Crippen LogP contribution in [0.3, 0.4) is 0 Å². The van der Waals surface area contributed by atoms with Gasteiger partial charge in [-0.1, -0.05) is 0 Å². The summed E-state index contributed by atoms with van der Waals surface area (Å²) in [7, 11) is 1.82. The van der Waals surface area contributed by atoms with Crippen LogP contribution in [0.4, 0.5) is 0 Å². The van der Waals surface area contributed by atoms with Gasteiger partial charge in [0.2, 0.25) is 0 Å². The van der Waals surface area contributed by atoms with Gasteiger partial charge in [0.05, 0.1) is 6.26 Å². The molecule has 2 rings (SSSR count). The van der Waals surface area contributed by atoms with Crippen LogP contribution in [0.15, 0.2) is 34.1 Å². The molecule has 0 bridgehead atoms. The molecule has 0 fully saturated rings. The number of carbonyl (C=O) groups is 1. The molecule has 0 aliphatic rings. The van der Waals surface area contributed by atoms with Gasteiger partial charge in [0.15, 0.2) is 11.7 Å². The maximum Gasteiger partial charge on any atom is 0.287 e. The van der Waals surface area contributed by atoms with Crippen molar-refractivity contribution in [2.45, 2.75) is 13.5 Å². The Morgan fingerprint density at radius 1 is 1.33 bits per heavy atom. The van der Waals surface area contributed by atoms with Crippen molar-refractivity contribution < 1.29 is 9.21 Å². The van der Waals surface area contributed by atoms with Crippen LogP contribution < -0.4 is 16.0 Å². The summed E-state index contributed by atoms with van der Waals surface area (Å²) in [5.74, 6) is 1.49. The van der Waals surface area contributed by atoms with Crippen LogP contribution >= 0.6 is 24.0 Å². The van der Waals surface area contributed by atoms with Crippen molar-refractivity contribution in [2.24, 2.45) is 12.0 Å². The van der Waals surface area contributed by atoms with Gasteiger partial charge >= 0.3 is 0 Å². The smallest absolute Gasteiger partial charge is 0.287 e. The van der Waals surface area contributed by atoms with Crippen molar-refractivity contribution in [3.63, 3.8) is 0 Å². The van der Waals surface area contributed by atoms with E-state index in [1.807, 2.05) is 14.0 Å². The number of guanidine groups is 1. The number of halogens is 1. The standard InChI is InChI=1S/C14H21N7O2.HI/c1-3-15-14(18-9-12-19-10-20-21(12)2)17-7-6-16-13(22)11-5-4-8-23-11;/h4-5,8,10H,3,6-7,9H2,1-2H3,(H,16,22)(H2,15,17,18);1H. The van der Waals surface area contributed by atoms with Crippen molar-refractivity contribution in [1.82, 2.24) is 30.7 Å². The maximum absolute atomic E-state index is 11.7. The van der Waals surface area contributed by atoms with E-state index in [-0.39, 0.29) is 29.9 Å². The van der Waals surface area contributed by atoms with Gasteiger partial charge < -0.3 is 20.4 Å². The summed E-state index contributed by atoms with van der Waals surface area (Å²) in [5, 5.41) is 13.0. The number of aliphatic imine (C=N–C) groups is 1. The molecule has 9 nitrogen and oxygen atoms in total. The summed E-state index contributed by atoms with van der Waals surface area (Å²) in [6.45, 7) is 4.14. The van der Waals surface area contributed by atoms with Gasteiger partial charge in [-0.25, -0.2) is 9.98 Å². The number of carbonyl (C=O) groups excluding carboxylic acids is 1. The molecule has 0 radical (unpaired) electrons. The van der Waals surface area contributed by atoms with E-state index in [1.165, 1.54) is 12.6 Å². The molecule has 0 saturated carbocycles. The molecule has 0 aromatic carbocycles. The van der Waals surface area contributed by atoms with Crippen molar-refractivity contribution in [3.8, 4) is 0 Å². The SMILES string of the molecule is CCNC(=NCc1ncnn1C)NCCNC(=O)c1ccco1.I. The Morgan fingerprint density at radius 3 is 2.75 bits per heavy atom. The average molecular weight is 447 g/mol. The lowest BCUT2D eigenvalue weighted by Crippen LogP contribution is -2.41. The lowest BCUT2D eigenvalue weighted by atomic mass is 10.4. The quantitative estimate of drug-likeness (QED) is 0.247. The van der Waals surface area contributed by atoms with Crippen LogP contribution in [0.5, 0.6) is 0 Å². The fourth-order valence-corrected chi connectivity index (χ4v) is 1.81. The first kappa shape index (κ1) is 19.9. The van der Waals surface area contributed by atoms with E-state index < -0.39 is 0 Å². The lowest BCUT2D eigenvalue weighted by Gasteiger charge is -2.11. The summed E-state index contributed by atoms with van der Waals surface area (Å²) < 4.78 is 6.70. The molecule has 1 amide bonds. The minimum atomic E-state index is -0.238. The summed E-state index contributed by atoms with van der Waals surface area (Å²) in [5.41, 5.74) is 0. The van der Waals surface area contributed by atoms with Gasteiger partial charge in [0.25, 0.3) is 5.91 Å². The van der Waals surface area contributed by atoms with Crippen LogP contribution in [-0.2, 0) is 13.6 Å². The highest BCUT2D eigenvalue weighted by Gasteiger charge is 2.07. The summed E-state index contributed by atoms with van der Waals surface area (Å²) in [6.07, 6.45) is 2.96. The van der Waals surface area contributed by atoms with Gasteiger partial charge in [0.1, 0.15) is 18.7 Å². The molecule has 10 heteroatoms. The zero-order chi connectivity index (χ0) is 16.5. The minimum Gasteiger partial charge on any atom is -0.459 e. The molecule has 3 N–H and O–H groups in total. The van der Waals surface area contributed by atoms with E-state index in [9.17, 15) is 4.79 Å². The molecule has 0 spiro atoms. The normalized spacial score (nSPS) is 10.8. The second kappa shape index (κ2) is 10.6. The van der Waals surface area contributed by atoms with E-state index >= 15 is 0 Å². The van der Waals surface area contributed by atoms with Gasteiger partial charge in [-0.2, -0.15) is 5.10 Å². The molecule has 0 aliphatic carbocycles. The monoisotopic (exact) mass is 447 g/mol. The second-order valence-corrected chi connectivity index (χ2v) is 4.66. The van der Waals surface area contributed by atoms with E-state index in [1.54, 1.807) is 16.8 Å². The first-order valence-corrected chi connectivity index (χ1v) is 7.37. The number of furan rings is 1. The van der Waals surface area contributed by atoms with Crippen LogP contribution in [0.25, 0.3) is 0 Å². The fraction of sp³-hybridized carbons (Fsp3) is 0.429. The number of nitrogens with one attached hydrogen (secondary N) is 3. The lowest BCUT2D eigenvalue weighted by molar-refractivity contribution is 0.0926. The van der Waals surface area contributed by atoms with Crippen LogP contribution in [0, 0.1) is 0 Å². The molecule has 0 saturated heterocycles. The van der Waals surface area contributed by atoms with Crippen molar-refractivity contribution in [3.05, 3.63) is 36.3 Å². The van der Waals surface area contributed by atoms with Crippen molar-refractivity contribution in [2.75, 3.05) is 19.6 Å². The molecule has 0 aliphatic heterocycles. The van der Waals surface area contributed by atoms with E-state index in [0.717, 1.165) is 12.4 Å².